The summed E-state index contributed by atoms with van der Waals surface area (Å²) in [6.07, 6.45) is 2.48. The maximum atomic E-state index is 11.7. The molecule has 1 saturated carbocycles. The number of anilines is 4. The van der Waals surface area contributed by atoms with E-state index in [4.69, 9.17) is 11.5 Å². The normalized spacial score (nSPS) is 14.1. The monoisotopic (exact) mass is 383 g/mol. The molecule has 1 heterocycles. The third kappa shape index (κ3) is 3.85. The summed E-state index contributed by atoms with van der Waals surface area (Å²) in [6.45, 7) is 1.47. The number of benzene rings is 1. The summed E-state index contributed by atoms with van der Waals surface area (Å²) in [6, 6.07) is 6.97. The number of amides is 3. The van der Waals surface area contributed by atoms with Crippen LogP contribution < -0.4 is 27.0 Å². The van der Waals surface area contributed by atoms with Crippen LogP contribution in [-0.4, -0.2) is 40.3 Å². The Morgan fingerprint density at radius 2 is 1.79 bits per heavy atom. The molecule has 0 radical (unpaired) electrons. The van der Waals surface area contributed by atoms with Crippen molar-refractivity contribution in [3.05, 3.63) is 36.0 Å². The summed E-state index contributed by atoms with van der Waals surface area (Å²) in [4.78, 5) is 44.5. The van der Waals surface area contributed by atoms with Crippen LogP contribution in [0.3, 0.4) is 0 Å². The van der Waals surface area contributed by atoms with Crippen LogP contribution in [0.25, 0.3) is 0 Å². The molecular weight excluding hydrogens is 362 g/mol. The number of nitrogens with one attached hydrogen (secondary N) is 2. The molecule has 0 bridgehead atoms. The first-order chi connectivity index (χ1) is 13.2. The molecule has 0 spiro atoms. The van der Waals surface area contributed by atoms with Crippen LogP contribution in [0.5, 0.6) is 0 Å². The van der Waals surface area contributed by atoms with Crippen LogP contribution in [0.4, 0.5) is 23.1 Å². The number of carbonyl (C=O) groups excluding carboxylic acids is 3. The van der Waals surface area contributed by atoms with Gasteiger partial charge in [-0.3, -0.25) is 14.4 Å². The van der Waals surface area contributed by atoms with E-state index in [2.05, 4.69) is 20.6 Å². The first-order valence-corrected chi connectivity index (χ1v) is 8.58. The van der Waals surface area contributed by atoms with Crippen molar-refractivity contribution in [1.82, 2.24) is 9.97 Å². The lowest BCUT2D eigenvalue weighted by Gasteiger charge is -2.17. The highest BCUT2D eigenvalue weighted by Gasteiger charge is 2.49. The topological polar surface area (TPSA) is 156 Å². The third-order valence-electron chi connectivity index (χ3n) is 4.62. The second-order valence-corrected chi connectivity index (χ2v) is 6.64. The minimum atomic E-state index is -0.843. The molecule has 1 fully saturated rings. The first-order valence-electron chi connectivity index (χ1n) is 8.58. The summed E-state index contributed by atoms with van der Waals surface area (Å²) >= 11 is 0. The molecular formula is C18H21N7O3. The molecule has 3 amide bonds. The zero-order valence-electron chi connectivity index (χ0n) is 15.5. The van der Waals surface area contributed by atoms with Crippen molar-refractivity contribution in [3.63, 3.8) is 0 Å². The van der Waals surface area contributed by atoms with Crippen molar-refractivity contribution in [1.29, 1.82) is 0 Å². The van der Waals surface area contributed by atoms with Crippen LogP contribution in [-0.2, 0) is 9.59 Å². The Hall–Kier alpha value is -3.69. The van der Waals surface area contributed by atoms with Crippen molar-refractivity contribution in [2.24, 2.45) is 11.5 Å². The standard InChI is InChI=1S/C18H21N7O3/c1-10(26)25(2)12-5-3-11(4-6-12)22-15-13(14(19)27)9-21-17(23-15)24-18(7-8-18)16(20)28/h3-6,9H,7-8H2,1-2H3,(H2,19,27)(H2,20,28)(H2,21,22,23,24). The van der Waals surface area contributed by atoms with Gasteiger partial charge in [-0.15, -0.1) is 0 Å². The van der Waals surface area contributed by atoms with Gasteiger partial charge >= 0.3 is 0 Å². The zero-order chi connectivity index (χ0) is 20.5. The van der Waals surface area contributed by atoms with Gasteiger partial charge in [-0.2, -0.15) is 4.98 Å². The smallest absolute Gasteiger partial charge is 0.254 e. The highest BCUT2D eigenvalue weighted by atomic mass is 16.2. The largest absolute Gasteiger partial charge is 0.368 e. The summed E-state index contributed by atoms with van der Waals surface area (Å²) in [5.74, 6) is -0.908. The van der Waals surface area contributed by atoms with Crippen molar-refractivity contribution < 1.29 is 14.4 Å². The fourth-order valence-electron chi connectivity index (χ4n) is 2.58. The number of primary amides is 2. The lowest BCUT2D eigenvalue weighted by molar-refractivity contribution is -0.119. The zero-order valence-corrected chi connectivity index (χ0v) is 15.5. The van der Waals surface area contributed by atoms with E-state index >= 15 is 0 Å². The highest BCUT2D eigenvalue weighted by molar-refractivity contribution is 5.98. The Morgan fingerprint density at radius 1 is 1.14 bits per heavy atom. The van der Waals surface area contributed by atoms with Crippen molar-refractivity contribution in [2.45, 2.75) is 25.3 Å². The molecule has 146 valence electrons. The average molecular weight is 383 g/mol. The minimum absolute atomic E-state index is 0.0910. The lowest BCUT2D eigenvalue weighted by Crippen LogP contribution is -2.38. The first kappa shape index (κ1) is 19.1. The van der Waals surface area contributed by atoms with E-state index in [0.29, 0.717) is 18.5 Å². The van der Waals surface area contributed by atoms with Gasteiger partial charge in [0.05, 0.1) is 0 Å². The van der Waals surface area contributed by atoms with E-state index in [0.717, 1.165) is 5.69 Å². The predicted octanol–water partition coefficient (Wildman–Crippen LogP) is 0.732. The van der Waals surface area contributed by atoms with Crippen molar-refractivity contribution in [3.8, 4) is 0 Å². The molecule has 1 aliphatic carbocycles. The SMILES string of the molecule is CC(=O)N(C)c1ccc(Nc2nc(NC3(C(N)=O)CC3)ncc2C(N)=O)cc1. The van der Waals surface area contributed by atoms with E-state index < -0.39 is 17.4 Å². The molecule has 6 N–H and O–H groups in total. The Balaban J connectivity index is 1.85. The molecule has 2 aromatic rings. The number of carbonyl (C=O) groups is 3. The lowest BCUT2D eigenvalue weighted by atomic mass is 10.2. The van der Waals surface area contributed by atoms with Gasteiger partial charge in [0.1, 0.15) is 16.9 Å². The number of rotatable bonds is 7. The fourth-order valence-corrected chi connectivity index (χ4v) is 2.58. The van der Waals surface area contributed by atoms with E-state index in [-0.39, 0.29) is 23.2 Å². The Labute approximate surface area is 161 Å². The van der Waals surface area contributed by atoms with Gasteiger partial charge in [0.2, 0.25) is 17.8 Å². The average Bonchev–Trinajstić information content (AvgIpc) is 3.42. The van der Waals surface area contributed by atoms with Gasteiger partial charge in [0.25, 0.3) is 5.91 Å². The number of hydrogen-bond acceptors (Lipinski definition) is 7. The van der Waals surface area contributed by atoms with E-state index in [1.165, 1.54) is 18.0 Å². The third-order valence-corrected chi connectivity index (χ3v) is 4.62. The maximum Gasteiger partial charge on any atom is 0.254 e. The molecule has 0 unspecified atom stereocenters. The second kappa shape index (κ2) is 7.14. The molecule has 28 heavy (non-hydrogen) atoms. The second-order valence-electron chi connectivity index (χ2n) is 6.64. The van der Waals surface area contributed by atoms with Crippen LogP contribution >= 0.6 is 0 Å². The predicted molar refractivity (Wildman–Crippen MR) is 104 cm³/mol. The quantitative estimate of drug-likeness (QED) is 0.549. The Kier molecular flexibility index (Phi) is 4.87. The van der Waals surface area contributed by atoms with E-state index in [1.807, 2.05) is 0 Å². The number of nitrogens with two attached hydrogens (primary N) is 2. The molecule has 0 atom stereocenters. The molecule has 3 rings (SSSR count). The van der Waals surface area contributed by atoms with Crippen molar-refractivity contribution >= 4 is 40.9 Å². The van der Waals surface area contributed by atoms with E-state index in [9.17, 15) is 14.4 Å². The Bertz CT molecular complexity index is 939. The van der Waals surface area contributed by atoms with Gasteiger partial charge in [0, 0.05) is 31.5 Å². The van der Waals surface area contributed by atoms with Crippen LogP contribution in [0, 0.1) is 0 Å². The molecule has 10 nitrogen and oxygen atoms in total. The van der Waals surface area contributed by atoms with Gasteiger partial charge < -0.3 is 27.0 Å². The summed E-state index contributed by atoms with van der Waals surface area (Å²) in [7, 11) is 1.67. The van der Waals surface area contributed by atoms with Crippen molar-refractivity contribution in [2.75, 3.05) is 22.6 Å². The van der Waals surface area contributed by atoms with Gasteiger partial charge in [-0.25, -0.2) is 4.98 Å². The van der Waals surface area contributed by atoms with Gasteiger partial charge in [-0.1, -0.05) is 0 Å². The fraction of sp³-hybridized carbons (Fsp3) is 0.278. The molecule has 0 aliphatic heterocycles. The highest BCUT2D eigenvalue weighted by Crippen LogP contribution is 2.38. The molecule has 1 aromatic heterocycles. The van der Waals surface area contributed by atoms with Crippen LogP contribution in [0.15, 0.2) is 30.5 Å². The van der Waals surface area contributed by atoms with Gasteiger partial charge in [-0.05, 0) is 37.1 Å². The number of aromatic nitrogens is 2. The maximum absolute atomic E-state index is 11.7. The Morgan fingerprint density at radius 3 is 2.29 bits per heavy atom. The number of hydrogen-bond donors (Lipinski definition) is 4. The minimum Gasteiger partial charge on any atom is -0.368 e. The van der Waals surface area contributed by atoms with E-state index in [1.54, 1.807) is 31.3 Å². The van der Waals surface area contributed by atoms with Crippen LogP contribution in [0.1, 0.15) is 30.1 Å². The summed E-state index contributed by atoms with van der Waals surface area (Å²) in [5, 5.41) is 5.94. The molecule has 10 heteroatoms. The molecule has 1 aliphatic rings. The molecule has 0 saturated heterocycles. The summed E-state index contributed by atoms with van der Waals surface area (Å²) < 4.78 is 0. The van der Waals surface area contributed by atoms with Crippen LogP contribution in [0.2, 0.25) is 0 Å². The van der Waals surface area contributed by atoms with Gasteiger partial charge in [0.15, 0.2) is 0 Å². The molecule has 1 aromatic carbocycles. The number of nitrogens with zero attached hydrogens (tertiary/aromatic N) is 3. The summed E-state index contributed by atoms with van der Waals surface area (Å²) in [5.41, 5.74) is 11.4.